The molecule has 2 heterocycles. The number of hydrogen-bond donors (Lipinski definition) is 1. The maximum Gasteiger partial charge on any atom is 0.189 e. The van der Waals surface area contributed by atoms with Crippen molar-refractivity contribution in [1.82, 2.24) is 4.57 Å². The number of fused-ring (bicyclic) bond motifs is 6. The van der Waals surface area contributed by atoms with Gasteiger partial charge in [0, 0.05) is 70.6 Å². The van der Waals surface area contributed by atoms with Gasteiger partial charge in [-0.1, -0.05) is 78.7 Å². The van der Waals surface area contributed by atoms with E-state index in [1.807, 2.05) is 78.9 Å². The Kier molecular flexibility index (Phi) is 4.62. The molecule has 0 fully saturated rings. The van der Waals surface area contributed by atoms with E-state index in [1.54, 1.807) is 12.1 Å². The molecule has 0 radical (unpaired) electrons. The lowest BCUT2D eigenvalue weighted by atomic mass is 10.1. The van der Waals surface area contributed by atoms with Crippen molar-refractivity contribution in [2.24, 2.45) is 0 Å². The minimum Gasteiger partial charge on any atom is -0.355 e. The Morgan fingerprint density at radius 1 is 0.583 bits per heavy atom. The zero-order valence-electron chi connectivity index (χ0n) is 35.1. The van der Waals surface area contributed by atoms with Crippen LogP contribution in [-0.2, 0) is 0 Å². The van der Waals surface area contributed by atoms with Gasteiger partial charge in [-0.2, -0.15) is 0 Å². The third kappa shape index (κ3) is 4.75. The number of para-hydroxylation sites is 3. The molecule has 5 heteroatoms. The Labute approximate surface area is 296 Å². The zero-order chi connectivity index (χ0) is 40.7. The number of anilines is 5. The summed E-state index contributed by atoms with van der Waals surface area (Å²) < 4.78 is 88.8. The van der Waals surface area contributed by atoms with Crippen LogP contribution in [-0.4, -0.2) is 4.57 Å². The Morgan fingerprint density at radius 3 is 1.96 bits per heavy atom. The number of rotatable bonds is 6. The molecule has 0 saturated carbocycles. The Bertz CT molecular complexity index is 3120. The number of nitrogens with zero attached hydrogens (tertiary/aromatic N) is 3. The molecule has 0 saturated heterocycles. The summed E-state index contributed by atoms with van der Waals surface area (Å²) in [6.07, 6.45) is 0. The van der Waals surface area contributed by atoms with Crippen LogP contribution < -0.4 is 10.2 Å². The number of benzene rings is 7. The molecular weight excluding hydrogens is 605 g/mol. The highest BCUT2D eigenvalue weighted by atomic mass is 32.1. The average Bonchev–Trinajstić information content (AvgIpc) is 3.77. The molecule has 2 aromatic heterocycles. The van der Waals surface area contributed by atoms with Gasteiger partial charge in [0.15, 0.2) is 5.69 Å². The molecule has 48 heavy (non-hydrogen) atoms. The van der Waals surface area contributed by atoms with E-state index in [0.29, 0.717) is 5.69 Å². The normalized spacial score (nSPS) is 14.2. The van der Waals surface area contributed by atoms with E-state index in [1.165, 1.54) is 16.2 Å². The largest absolute Gasteiger partial charge is 0.355 e. The van der Waals surface area contributed by atoms with Crippen molar-refractivity contribution in [2.45, 2.75) is 0 Å². The number of hydrogen-bond acceptors (Lipinski definition) is 3. The maximum atomic E-state index is 8.78. The second-order valence-electron chi connectivity index (χ2n) is 11.1. The second-order valence-corrected chi connectivity index (χ2v) is 12.2. The molecule has 7 aromatic carbocycles. The molecule has 0 atom stereocenters. The summed E-state index contributed by atoms with van der Waals surface area (Å²) in [6.45, 7) is 7.60. The number of nitrogens with one attached hydrogen (secondary N) is 1. The smallest absolute Gasteiger partial charge is 0.189 e. The first-order valence-corrected chi connectivity index (χ1v) is 15.9. The summed E-state index contributed by atoms with van der Waals surface area (Å²) in [5.74, 6) is 0. The predicted octanol–water partition coefficient (Wildman–Crippen LogP) is 12.9. The van der Waals surface area contributed by atoms with E-state index in [-0.39, 0.29) is 17.1 Å². The van der Waals surface area contributed by atoms with Crippen molar-refractivity contribution in [1.29, 1.82) is 0 Å². The second kappa shape index (κ2) is 11.5. The van der Waals surface area contributed by atoms with Gasteiger partial charge >= 0.3 is 0 Å². The van der Waals surface area contributed by atoms with Gasteiger partial charge in [-0.25, -0.2) is 4.85 Å². The average molecular weight is 643 g/mol. The summed E-state index contributed by atoms with van der Waals surface area (Å²) in [7, 11) is 0. The SMILES string of the molecule is [2H]c1c([2H])c([2H])c(N(c2ccc3c(c2)sc2ccc(Nc4ccc5c6ccc([N+]#[C-])cc6n(-c6ccccc6)c5c4)cc23)c2c([2H])c([2H])c([2H])c([2H])c2[2H])c([2H])c1[2H]. The highest BCUT2D eigenvalue weighted by molar-refractivity contribution is 7.25. The molecule has 9 aromatic rings. The van der Waals surface area contributed by atoms with E-state index >= 15 is 0 Å². The van der Waals surface area contributed by atoms with Crippen molar-refractivity contribution in [2.75, 3.05) is 10.2 Å². The quantitative estimate of drug-likeness (QED) is 0.183. The molecule has 0 unspecified atom stereocenters. The van der Waals surface area contributed by atoms with Crippen molar-refractivity contribution in [3.05, 3.63) is 175 Å². The van der Waals surface area contributed by atoms with Crippen molar-refractivity contribution >= 4 is 87.4 Å². The molecule has 0 bridgehead atoms. The topological polar surface area (TPSA) is 24.6 Å². The maximum absolute atomic E-state index is 8.78. The lowest BCUT2D eigenvalue weighted by Gasteiger charge is -2.25. The Balaban J connectivity index is 1.16. The van der Waals surface area contributed by atoms with Crippen LogP contribution in [0.2, 0.25) is 0 Å². The van der Waals surface area contributed by atoms with Gasteiger partial charge in [0.05, 0.1) is 25.8 Å². The number of aromatic nitrogens is 1. The molecule has 9 rings (SSSR count). The first kappa shape index (κ1) is 19.3. The fraction of sp³-hybridized carbons (Fsp3) is 0. The predicted molar refractivity (Wildman–Crippen MR) is 204 cm³/mol. The minimum atomic E-state index is -0.619. The van der Waals surface area contributed by atoms with Gasteiger partial charge in [-0.15, -0.1) is 11.3 Å². The lowest BCUT2D eigenvalue weighted by Crippen LogP contribution is -2.09. The van der Waals surface area contributed by atoms with E-state index in [4.69, 9.17) is 20.3 Å². The molecule has 0 amide bonds. The molecule has 0 aliphatic heterocycles. The first-order chi connectivity index (χ1) is 27.9. The summed E-state index contributed by atoms with van der Waals surface area (Å²) in [5.41, 5.74) is 4.70. The molecule has 4 nitrogen and oxygen atoms in total. The molecule has 1 N–H and O–H groups in total. The summed E-state index contributed by atoms with van der Waals surface area (Å²) >= 11 is 1.47. The van der Waals surface area contributed by atoms with Gasteiger partial charge < -0.3 is 14.8 Å². The lowest BCUT2D eigenvalue weighted by molar-refractivity contribution is 1.18. The molecule has 0 aliphatic carbocycles. The van der Waals surface area contributed by atoms with Crippen molar-refractivity contribution < 1.29 is 13.7 Å². The third-order valence-electron chi connectivity index (χ3n) is 8.32. The van der Waals surface area contributed by atoms with E-state index < -0.39 is 60.4 Å². The Morgan fingerprint density at radius 2 is 1.23 bits per heavy atom. The standard InChI is InChI=1S/C43H28N4S/c1-44-29-17-21-36-37-22-18-31(27-41(37)47(40(36)26-29)34-15-9-4-10-16-34)45-30-19-24-42-39(25-30)38-23-20-35(28-43(38)48-42)46(32-11-5-2-6-12-32)33-13-7-3-8-14-33/h2-28,45H/i2D,3D,5D,6D,7D,8D,11D,12D,13D,14D. The monoisotopic (exact) mass is 642 g/mol. The van der Waals surface area contributed by atoms with Crippen LogP contribution in [0.3, 0.4) is 0 Å². The van der Waals surface area contributed by atoms with Crippen LogP contribution in [0.1, 0.15) is 13.7 Å². The summed E-state index contributed by atoms with van der Waals surface area (Å²) in [5, 5.41) is 7.46. The molecule has 226 valence electrons. The van der Waals surface area contributed by atoms with E-state index in [9.17, 15) is 0 Å². The van der Waals surface area contributed by atoms with Gasteiger partial charge in [0.25, 0.3) is 0 Å². The summed E-state index contributed by atoms with van der Waals surface area (Å²) in [4.78, 5) is 4.84. The van der Waals surface area contributed by atoms with Crippen LogP contribution in [0.5, 0.6) is 0 Å². The van der Waals surface area contributed by atoms with Gasteiger partial charge in [-0.05, 0) is 84.8 Å². The van der Waals surface area contributed by atoms with Gasteiger partial charge in [0.2, 0.25) is 0 Å². The van der Waals surface area contributed by atoms with Crippen LogP contribution in [0.4, 0.5) is 34.1 Å². The fourth-order valence-corrected chi connectivity index (χ4v) is 7.36. The molecule has 0 spiro atoms. The van der Waals surface area contributed by atoms with Gasteiger partial charge in [-0.3, -0.25) is 0 Å². The van der Waals surface area contributed by atoms with Crippen molar-refractivity contribution in [3.8, 4) is 5.69 Å². The van der Waals surface area contributed by atoms with Crippen LogP contribution >= 0.6 is 11.3 Å². The van der Waals surface area contributed by atoms with Crippen LogP contribution in [0, 0.1) is 6.57 Å². The van der Waals surface area contributed by atoms with Gasteiger partial charge in [0.1, 0.15) is 0 Å². The minimum absolute atomic E-state index is 0.250. The number of thiophene rings is 1. The van der Waals surface area contributed by atoms with Crippen molar-refractivity contribution in [3.63, 3.8) is 0 Å². The molecular formula is C43H28N4S. The Hall–Kier alpha value is -6.35. The third-order valence-corrected chi connectivity index (χ3v) is 9.45. The summed E-state index contributed by atoms with van der Waals surface area (Å²) in [6, 6.07) is 27.2. The first-order valence-electron chi connectivity index (χ1n) is 20.1. The highest BCUT2D eigenvalue weighted by Gasteiger charge is 2.16. The highest BCUT2D eigenvalue weighted by Crippen LogP contribution is 2.42. The van der Waals surface area contributed by atoms with Crippen LogP contribution in [0.25, 0.3) is 52.5 Å². The fourth-order valence-electron chi connectivity index (χ4n) is 6.24. The molecule has 0 aliphatic rings. The van der Waals surface area contributed by atoms with E-state index in [0.717, 1.165) is 59.0 Å². The zero-order valence-corrected chi connectivity index (χ0v) is 25.9. The van der Waals surface area contributed by atoms with E-state index in [2.05, 4.69) is 26.9 Å². The van der Waals surface area contributed by atoms with Crippen LogP contribution in [0.15, 0.2) is 164 Å².